The molecule has 1 saturated carbocycles. The maximum absolute atomic E-state index is 3.70. The van der Waals surface area contributed by atoms with Crippen molar-refractivity contribution >= 4 is 0 Å². The van der Waals surface area contributed by atoms with E-state index in [0.29, 0.717) is 0 Å². The highest BCUT2D eigenvalue weighted by molar-refractivity contribution is 4.90. The lowest BCUT2D eigenvalue weighted by molar-refractivity contribution is 0.0424. The van der Waals surface area contributed by atoms with Gasteiger partial charge in [0.2, 0.25) is 0 Å². The zero-order valence-corrected chi connectivity index (χ0v) is 14.8. The van der Waals surface area contributed by atoms with Gasteiger partial charge in [0, 0.05) is 12.6 Å². The first-order chi connectivity index (χ1) is 10.2. The Bertz CT molecular complexity index is 271. The minimum absolute atomic E-state index is 0.747. The van der Waals surface area contributed by atoms with Crippen LogP contribution in [-0.4, -0.2) is 37.1 Å². The van der Waals surface area contributed by atoms with Gasteiger partial charge in [-0.3, -0.25) is 4.90 Å². The van der Waals surface area contributed by atoms with Crippen molar-refractivity contribution in [1.82, 2.24) is 10.2 Å². The number of hydrogen-bond donors (Lipinski definition) is 1. The quantitative estimate of drug-likeness (QED) is 0.746. The molecular formula is C19H38N2. The SMILES string of the molecule is CCCC(CNCC(C)C)N1CCC2(CCCCC2)CC1. The lowest BCUT2D eigenvalue weighted by Crippen LogP contribution is -2.49. The molecule has 0 bridgehead atoms. The molecule has 21 heavy (non-hydrogen) atoms. The van der Waals surface area contributed by atoms with E-state index < -0.39 is 0 Å². The Kier molecular flexibility index (Phi) is 7.01. The molecular weight excluding hydrogens is 256 g/mol. The van der Waals surface area contributed by atoms with Crippen LogP contribution in [0.1, 0.15) is 78.6 Å². The number of hydrogen-bond acceptors (Lipinski definition) is 2. The number of rotatable bonds is 7. The maximum atomic E-state index is 3.70. The van der Waals surface area contributed by atoms with Crippen LogP contribution in [0.4, 0.5) is 0 Å². The van der Waals surface area contributed by atoms with Crippen molar-refractivity contribution in [2.24, 2.45) is 11.3 Å². The summed E-state index contributed by atoms with van der Waals surface area (Å²) in [5, 5.41) is 3.70. The lowest BCUT2D eigenvalue weighted by atomic mass is 9.68. The molecule has 2 fully saturated rings. The van der Waals surface area contributed by atoms with Crippen molar-refractivity contribution in [3.05, 3.63) is 0 Å². The summed E-state index contributed by atoms with van der Waals surface area (Å²) in [5.74, 6) is 0.763. The molecule has 2 heteroatoms. The first-order valence-corrected chi connectivity index (χ1v) is 9.60. The van der Waals surface area contributed by atoms with Gasteiger partial charge in [0.25, 0.3) is 0 Å². The van der Waals surface area contributed by atoms with E-state index in [0.717, 1.165) is 23.9 Å². The molecule has 0 aromatic heterocycles. The Morgan fingerprint density at radius 1 is 0.952 bits per heavy atom. The molecule has 1 heterocycles. The molecule has 2 aliphatic rings. The van der Waals surface area contributed by atoms with Gasteiger partial charge in [-0.25, -0.2) is 0 Å². The molecule has 1 unspecified atom stereocenters. The number of likely N-dealkylation sites (tertiary alicyclic amines) is 1. The standard InChI is InChI=1S/C19H38N2/c1-4-8-18(16-20-15-17(2)3)21-13-11-19(12-14-21)9-6-5-7-10-19/h17-18,20H,4-16H2,1-3H3. The van der Waals surface area contributed by atoms with Crippen LogP contribution in [0.3, 0.4) is 0 Å². The highest BCUT2D eigenvalue weighted by Crippen LogP contribution is 2.44. The molecule has 1 saturated heterocycles. The third kappa shape index (κ3) is 5.25. The highest BCUT2D eigenvalue weighted by Gasteiger charge is 2.36. The van der Waals surface area contributed by atoms with Gasteiger partial charge in [-0.15, -0.1) is 0 Å². The largest absolute Gasteiger partial charge is 0.315 e. The average molecular weight is 295 g/mol. The van der Waals surface area contributed by atoms with Gasteiger partial charge in [0.05, 0.1) is 0 Å². The molecule has 1 atom stereocenters. The van der Waals surface area contributed by atoms with Crippen molar-refractivity contribution in [2.45, 2.75) is 84.6 Å². The average Bonchev–Trinajstić information content (AvgIpc) is 2.48. The van der Waals surface area contributed by atoms with E-state index in [-0.39, 0.29) is 0 Å². The van der Waals surface area contributed by atoms with Gasteiger partial charge in [0.15, 0.2) is 0 Å². The first-order valence-electron chi connectivity index (χ1n) is 9.60. The first kappa shape index (κ1) is 17.3. The van der Waals surface area contributed by atoms with Crippen LogP contribution >= 0.6 is 0 Å². The molecule has 1 N–H and O–H groups in total. The van der Waals surface area contributed by atoms with Gasteiger partial charge >= 0.3 is 0 Å². The van der Waals surface area contributed by atoms with Crippen LogP contribution in [-0.2, 0) is 0 Å². The fraction of sp³-hybridized carbons (Fsp3) is 1.00. The molecule has 2 rings (SSSR count). The van der Waals surface area contributed by atoms with Crippen molar-refractivity contribution < 1.29 is 0 Å². The summed E-state index contributed by atoms with van der Waals surface area (Å²) >= 11 is 0. The van der Waals surface area contributed by atoms with Gasteiger partial charge in [-0.1, -0.05) is 46.5 Å². The fourth-order valence-electron chi connectivity index (χ4n) is 4.45. The number of nitrogens with one attached hydrogen (secondary N) is 1. The Labute approximate surface area is 133 Å². The van der Waals surface area contributed by atoms with Crippen LogP contribution in [0.25, 0.3) is 0 Å². The summed E-state index contributed by atoms with van der Waals surface area (Å²) in [6.45, 7) is 12.0. The van der Waals surface area contributed by atoms with E-state index in [2.05, 4.69) is 31.0 Å². The Balaban J connectivity index is 1.79. The molecule has 0 radical (unpaired) electrons. The second kappa shape index (κ2) is 8.53. The minimum Gasteiger partial charge on any atom is -0.315 e. The summed E-state index contributed by atoms with van der Waals surface area (Å²) in [4.78, 5) is 2.80. The van der Waals surface area contributed by atoms with Gasteiger partial charge in [-0.05, 0) is 63.1 Å². The van der Waals surface area contributed by atoms with Crippen molar-refractivity contribution in [2.75, 3.05) is 26.2 Å². The Morgan fingerprint density at radius 3 is 2.19 bits per heavy atom. The van der Waals surface area contributed by atoms with E-state index in [1.165, 1.54) is 77.4 Å². The van der Waals surface area contributed by atoms with Crippen LogP contribution in [0.2, 0.25) is 0 Å². The predicted molar refractivity (Wildman–Crippen MR) is 92.7 cm³/mol. The van der Waals surface area contributed by atoms with Crippen LogP contribution in [0, 0.1) is 11.3 Å². The molecule has 2 nitrogen and oxygen atoms in total. The maximum Gasteiger partial charge on any atom is 0.0220 e. The van der Waals surface area contributed by atoms with Crippen LogP contribution in [0.15, 0.2) is 0 Å². The monoisotopic (exact) mass is 294 g/mol. The smallest absolute Gasteiger partial charge is 0.0220 e. The normalized spacial score (nSPS) is 24.6. The molecule has 124 valence electrons. The molecule has 0 amide bonds. The zero-order valence-electron chi connectivity index (χ0n) is 14.8. The van der Waals surface area contributed by atoms with Crippen LogP contribution < -0.4 is 5.32 Å². The predicted octanol–water partition coefficient (Wildman–Crippen LogP) is 4.45. The summed E-state index contributed by atoms with van der Waals surface area (Å²) < 4.78 is 0. The Hall–Kier alpha value is -0.0800. The van der Waals surface area contributed by atoms with E-state index in [1.54, 1.807) is 0 Å². The highest BCUT2D eigenvalue weighted by atomic mass is 15.2. The van der Waals surface area contributed by atoms with E-state index in [4.69, 9.17) is 0 Å². The molecule has 1 aliphatic carbocycles. The summed E-state index contributed by atoms with van der Waals surface area (Å²) in [6.07, 6.45) is 13.1. The topological polar surface area (TPSA) is 15.3 Å². The zero-order chi connectivity index (χ0) is 15.1. The van der Waals surface area contributed by atoms with Gasteiger partial charge in [-0.2, -0.15) is 0 Å². The third-order valence-electron chi connectivity index (χ3n) is 5.84. The Morgan fingerprint density at radius 2 is 1.62 bits per heavy atom. The molecule has 1 spiro atoms. The van der Waals surface area contributed by atoms with E-state index >= 15 is 0 Å². The van der Waals surface area contributed by atoms with Crippen molar-refractivity contribution in [3.63, 3.8) is 0 Å². The van der Waals surface area contributed by atoms with Crippen LogP contribution in [0.5, 0.6) is 0 Å². The van der Waals surface area contributed by atoms with Gasteiger partial charge < -0.3 is 5.32 Å². The molecule has 1 aliphatic heterocycles. The minimum atomic E-state index is 0.747. The number of nitrogens with zero attached hydrogens (tertiary/aromatic N) is 1. The fourth-order valence-corrected chi connectivity index (χ4v) is 4.45. The second-order valence-corrected chi connectivity index (χ2v) is 8.09. The van der Waals surface area contributed by atoms with E-state index in [9.17, 15) is 0 Å². The van der Waals surface area contributed by atoms with Crippen molar-refractivity contribution in [3.8, 4) is 0 Å². The molecule has 0 aromatic carbocycles. The number of piperidine rings is 1. The third-order valence-corrected chi connectivity index (χ3v) is 5.84. The lowest BCUT2D eigenvalue weighted by Gasteiger charge is -2.46. The van der Waals surface area contributed by atoms with Gasteiger partial charge in [0.1, 0.15) is 0 Å². The van der Waals surface area contributed by atoms with E-state index in [1.807, 2.05) is 0 Å². The van der Waals surface area contributed by atoms with Crippen molar-refractivity contribution in [1.29, 1.82) is 0 Å². The summed E-state index contributed by atoms with van der Waals surface area (Å²) in [5.41, 5.74) is 0.747. The summed E-state index contributed by atoms with van der Waals surface area (Å²) in [6, 6.07) is 0.773. The molecule has 0 aromatic rings. The summed E-state index contributed by atoms with van der Waals surface area (Å²) in [7, 11) is 0. The second-order valence-electron chi connectivity index (χ2n) is 8.09.